The van der Waals surface area contributed by atoms with Crippen LogP contribution in [-0.2, 0) is 16.1 Å². The van der Waals surface area contributed by atoms with E-state index < -0.39 is 12.1 Å². The first-order valence-corrected chi connectivity index (χ1v) is 6.13. The highest BCUT2D eigenvalue weighted by atomic mass is 16.5. The molecule has 1 fully saturated rings. The molecule has 0 aromatic heterocycles. The molecule has 0 aliphatic carbocycles. The second-order valence-electron chi connectivity index (χ2n) is 4.63. The van der Waals surface area contributed by atoms with Crippen molar-refractivity contribution >= 4 is 5.97 Å². The van der Waals surface area contributed by atoms with Crippen molar-refractivity contribution in [3.05, 3.63) is 35.4 Å². The van der Waals surface area contributed by atoms with E-state index in [2.05, 4.69) is 6.07 Å². The van der Waals surface area contributed by atoms with Gasteiger partial charge in [-0.3, -0.25) is 9.69 Å². The molecule has 1 heterocycles. The van der Waals surface area contributed by atoms with E-state index in [1.807, 2.05) is 17.0 Å². The zero-order valence-electron chi connectivity index (χ0n) is 10.7. The van der Waals surface area contributed by atoms with Crippen molar-refractivity contribution in [1.29, 1.82) is 5.26 Å². The van der Waals surface area contributed by atoms with E-state index >= 15 is 0 Å². The van der Waals surface area contributed by atoms with E-state index in [4.69, 9.17) is 10.00 Å². The van der Waals surface area contributed by atoms with Gasteiger partial charge < -0.3 is 9.84 Å². The molecule has 1 N–H and O–H groups in total. The predicted molar refractivity (Wildman–Crippen MR) is 68.0 cm³/mol. The molecule has 2 rings (SSSR count). The summed E-state index contributed by atoms with van der Waals surface area (Å²) in [5, 5.41) is 18.8. The molecule has 1 aromatic carbocycles. The van der Waals surface area contributed by atoms with Gasteiger partial charge in [-0.2, -0.15) is 5.26 Å². The minimum Gasteiger partial charge on any atom is -0.468 e. The third-order valence-electron chi connectivity index (χ3n) is 3.37. The van der Waals surface area contributed by atoms with Crippen LogP contribution < -0.4 is 0 Å². The maximum atomic E-state index is 11.7. The van der Waals surface area contributed by atoms with E-state index in [0.29, 0.717) is 25.1 Å². The van der Waals surface area contributed by atoms with E-state index in [-0.39, 0.29) is 5.97 Å². The Morgan fingerprint density at radius 1 is 1.58 bits per heavy atom. The lowest BCUT2D eigenvalue weighted by atomic mass is 10.1. The van der Waals surface area contributed by atoms with Gasteiger partial charge in [0.2, 0.25) is 0 Å². The molecule has 0 amide bonds. The Hall–Kier alpha value is -1.90. The van der Waals surface area contributed by atoms with Crippen LogP contribution in [-0.4, -0.2) is 41.8 Å². The molecule has 0 spiro atoms. The lowest BCUT2D eigenvalue weighted by molar-refractivity contribution is -0.146. The van der Waals surface area contributed by atoms with Crippen LogP contribution >= 0.6 is 0 Å². The number of aliphatic hydroxyl groups is 1. The van der Waals surface area contributed by atoms with Crippen molar-refractivity contribution in [2.45, 2.75) is 25.1 Å². The SMILES string of the molecule is COC(=O)C1CC(O)CN1Cc1ccccc1C#N. The average Bonchev–Trinajstić information content (AvgIpc) is 2.79. The molecule has 0 radical (unpaired) electrons. The lowest BCUT2D eigenvalue weighted by Crippen LogP contribution is -2.36. The molecule has 5 nitrogen and oxygen atoms in total. The van der Waals surface area contributed by atoms with Crippen LogP contribution in [0, 0.1) is 11.3 Å². The van der Waals surface area contributed by atoms with Gasteiger partial charge >= 0.3 is 5.97 Å². The van der Waals surface area contributed by atoms with E-state index in [9.17, 15) is 9.90 Å². The van der Waals surface area contributed by atoms with E-state index in [1.54, 1.807) is 12.1 Å². The van der Waals surface area contributed by atoms with Crippen molar-refractivity contribution in [3.8, 4) is 6.07 Å². The fraction of sp³-hybridized carbons (Fsp3) is 0.429. The number of nitriles is 1. The van der Waals surface area contributed by atoms with Crippen LogP contribution in [0.3, 0.4) is 0 Å². The van der Waals surface area contributed by atoms with Crippen LogP contribution in [0.2, 0.25) is 0 Å². The number of carbonyl (C=O) groups excluding carboxylic acids is 1. The summed E-state index contributed by atoms with van der Waals surface area (Å²) in [6.45, 7) is 0.875. The van der Waals surface area contributed by atoms with Crippen LogP contribution in [0.4, 0.5) is 0 Å². The van der Waals surface area contributed by atoms with Gasteiger partial charge in [0.25, 0.3) is 0 Å². The molecule has 1 saturated heterocycles. The van der Waals surface area contributed by atoms with Gasteiger partial charge in [0.1, 0.15) is 6.04 Å². The third-order valence-corrected chi connectivity index (χ3v) is 3.37. The monoisotopic (exact) mass is 260 g/mol. The predicted octanol–water partition coefficient (Wildman–Crippen LogP) is 0.666. The summed E-state index contributed by atoms with van der Waals surface area (Å²) < 4.78 is 4.75. The molecule has 100 valence electrons. The zero-order chi connectivity index (χ0) is 13.8. The molecule has 0 saturated carbocycles. The molecule has 1 aromatic rings. The number of hydrogen-bond donors (Lipinski definition) is 1. The molecule has 2 atom stereocenters. The van der Waals surface area contributed by atoms with Crippen molar-refractivity contribution in [1.82, 2.24) is 4.90 Å². The van der Waals surface area contributed by atoms with Crippen molar-refractivity contribution < 1.29 is 14.6 Å². The Morgan fingerprint density at radius 3 is 3.00 bits per heavy atom. The van der Waals surface area contributed by atoms with Gasteiger partial charge in [0, 0.05) is 19.5 Å². The van der Waals surface area contributed by atoms with Crippen molar-refractivity contribution in [3.63, 3.8) is 0 Å². The van der Waals surface area contributed by atoms with Crippen LogP contribution in [0.25, 0.3) is 0 Å². The molecular weight excluding hydrogens is 244 g/mol. The second kappa shape index (κ2) is 5.83. The summed E-state index contributed by atoms with van der Waals surface area (Å²) in [5.74, 6) is -0.342. The Balaban J connectivity index is 2.17. The number of nitrogens with zero attached hydrogens (tertiary/aromatic N) is 2. The highest BCUT2D eigenvalue weighted by Crippen LogP contribution is 2.22. The van der Waals surface area contributed by atoms with Gasteiger partial charge in [-0.25, -0.2) is 0 Å². The summed E-state index contributed by atoms with van der Waals surface area (Å²) >= 11 is 0. The lowest BCUT2D eigenvalue weighted by Gasteiger charge is -2.22. The maximum absolute atomic E-state index is 11.7. The fourth-order valence-electron chi connectivity index (χ4n) is 2.42. The largest absolute Gasteiger partial charge is 0.468 e. The topological polar surface area (TPSA) is 73.6 Å². The third kappa shape index (κ3) is 2.92. The van der Waals surface area contributed by atoms with Gasteiger partial charge in [0.05, 0.1) is 24.8 Å². The average molecular weight is 260 g/mol. The summed E-state index contributed by atoms with van der Waals surface area (Å²) in [5.41, 5.74) is 1.44. The van der Waals surface area contributed by atoms with Crippen LogP contribution in [0.5, 0.6) is 0 Å². The number of ether oxygens (including phenoxy) is 1. The summed E-state index contributed by atoms with van der Waals surface area (Å²) in [6, 6.07) is 8.96. The number of methoxy groups -OCH3 is 1. The number of benzene rings is 1. The standard InChI is InChI=1S/C14H16N2O3/c1-19-14(18)13-6-12(17)9-16(13)8-11-5-3-2-4-10(11)7-15/h2-5,12-13,17H,6,8-9H2,1H3. The van der Waals surface area contributed by atoms with Gasteiger partial charge in [0.15, 0.2) is 0 Å². The normalized spacial score (nSPS) is 23.0. The van der Waals surface area contributed by atoms with Gasteiger partial charge in [-0.1, -0.05) is 18.2 Å². The first-order valence-electron chi connectivity index (χ1n) is 6.13. The fourth-order valence-corrected chi connectivity index (χ4v) is 2.42. The summed E-state index contributed by atoms with van der Waals surface area (Å²) in [6.07, 6.45) is -0.153. The first-order chi connectivity index (χ1) is 9.15. The number of hydrogen-bond acceptors (Lipinski definition) is 5. The van der Waals surface area contributed by atoms with E-state index in [1.165, 1.54) is 7.11 Å². The Morgan fingerprint density at radius 2 is 2.32 bits per heavy atom. The number of likely N-dealkylation sites (tertiary alicyclic amines) is 1. The molecule has 19 heavy (non-hydrogen) atoms. The van der Waals surface area contributed by atoms with Crippen LogP contribution in [0.15, 0.2) is 24.3 Å². The number of esters is 1. The molecule has 2 unspecified atom stereocenters. The van der Waals surface area contributed by atoms with Crippen molar-refractivity contribution in [2.75, 3.05) is 13.7 Å². The molecule has 0 bridgehead atoms. The smallest absolute Gasteiger partial charge is 0.323 e. The summed E-state index contributed by atoms with van der Waals surface area (Å²) in [4.78, 5) is 13.5. The maximum Gasteiger partial charge on any atom is 0.323 e. The Labute approximate surface area is 112 Å². The zero-order valence-corrected chi connectivity index (χ0v) is 10.7. The van der Waals surface area contributed by atoms with Crippen molar-refractivity contribution in [2.24, 2.45) is 0 Å². The van der Waals surface area contributed by atoms with Gasteiger partial charge in [-0.15, -0.1) is 0 Å². The summed E-state index contributed by atoms with van der Waals surface area (Å²) in [7, 11) is 1.34. The number of aliphatic hydroxyl groups excluding tert-OH is 1. The Bertz CT molecular complexity index is 510. The second-order valence-corrected chi connectivity index (χ2v) is 4.63. The minimum atomic E-state index is -0.529. The molecule has 5 heteroatoms. The number of rotatable bonds is 3. The quantitative estimate of drug-likeness (QED) is 0.808. The molecule has 1 aliphatic rings. The van der Waals surface area contributed by atoms with Gasteiger partial charge in [-0.05, 0) is 11.6 Å². The highest BCUT2D eigenvalue weighted by molar-refractivity contribution is 5.76. The minimum absolute atomic E-state index is 0.342. The van der Waals surface area contributed by atoms with Crippen LogP contribution in [0.1, 0.15) is 17.5 Å². The molecular formula is C14H16N2O3. The Kier molecular flexibility index (Phi) is 4.15. The highest BCUT2D eigenvalue weighted by Gasteiger charge is 2.36. The first kappa shape index (κ1) is 13.5. The molecule has 1 aliphatic heterocycles. The van der Waals surface area contributed by atoms with E-state index in [0.717, 1.165) is 5.56 Å². The number of β-amino-alcohol motifs (C(OH)–C–C–N with tert-alkyl or cyclic N) is 1. The number of carbonyl (C=O) groups is 1.